The number of fused-ring (bicyclic) bond motifs is 1. The summed E-state index contributed by atoms with van der Waals surface area (Å²) < 4.78 is 27.5. The van der Waals surface area contributed by atoms with Crippen LogP contribution in [0.1, 0.15) is 11.3 Å². The van der Waals surface area contributed by atoms with Gasteiger partial charge in [0.25, 0.3) is 5.56 Å². The van der Waals surface area contributed by atoms with E-state index in [9.17, 15) is 13.6 Å². The molecule has 0 aliphatic heterocycles. The zero-order chi connectivity index (χ0) is 15.7. The van der Waals surface area contributed by atoms with Gasteiger partial charge in [0.15, 0.2) is 11.6 Å². The van der Waals surface area contributed by atoms with Gasteiger partial charge in [-0.1, -0.05) is 6.07 Å². The lowest BCUT2D eigenvalue weighted by atomic mass is 10.3. The Labute approximate surface area is 129 Å². The lowest BCUT2D eigenvalue weighted by Crippen LogP contribution is -2.15. The zero-order valence-corrected chi connectivity index (χ0v) is 12.5. The van der Waals surface area contributed by atoms with Crippen molar-refractivity contribution in [2.45, 2.75) is 17.6 Å². The first-order valence-electron chi connectivity index (χ1n) is 6.60. The first-order chi connectivity index (χ1) is 10.5. The minimum Gasteiger partial charge on any atom is -0.269 e. The number of hydrogen-bond acceptors (Lipinski definition) is 3. The molecule has 0 amide bonds. The average molecular weight is 318 g/mol. The van der Waals surface area contributed by atoms with E-state index in [1.54, 1.807) is 12.3 Å². The van der Waals surface area contributed by atoms with Gasteiger partial charge in [-0.3, -0.25) is 9.20 Å². The van der Waals surface area contributed by atoms with Crippen molar-refractivity contribution in [2.24, 2.45) is 0 Å². The molecule has 0 saturated carbocycles. The van der Waals surface area contributed by atoms with E-state index in [-0.39, 0.29) is 5.56 Å². The summed E-state index contributed by atoms with van der Waals surface area (Å²) in [4.78, 5) is 17.1. The highest BCUT2D eigenvalue weighted by Gasteiger charge is 2.06. The van der Waals surface area contributed by atoms with Crippen LogP contribution in [0.2, 0.25) is 0 Å². The fraction of sp³-hybridized carbons (Fsp3) is 0.125. The van der Waals surface area contributed by atoms with Gasteiger partial charge < -0.3 is 0 Å². The van der Waals surface area contributed by atoms with Gasteiger partial charge in [0.05, 0.1) is 5.69 Å². The molecule has 1 aromatic carbocycles. The van der Waals surface area contributed by atoms with Crippen molar-refractivity contribution in [2.75, 3.05) is 0 Å². The van der Waals surface area contributed by atoms with E-state index in [1.807, 2.05) is 13.0 Å². The number of rotatable bonds is 3. The molecule has 0 aliphatic rings. The van der Waals surface area contributed by atoms with Crippen molar-refractivity contribution >= 4 is 17.4 Å². The summed E-state index contributed by atoms with van der Waals surface area (Å²) in [6.07, 6.45) is 1.73. The van der Waals surface area contributed by atoms with Crippen molar-refractivity contribution in [3.05, 3.63) is 75.8 Å². The van der Waals surface area contributed by atoms with Crippen molar-refractivity contribution in [3.8, 4) is 0 Å². The van der Waals surface area contributed by atoms with Gasteiger partial charge in [-0.05, 0) is 36.8 Å². The fourth-order valence-electron chi connectivity index (χ4n) is 2.06. The number of thioether (sulfide) groups is 1. The number of aryl methyl sites for hydroxylation is 1. The number of nitrogens with zero attached hydrogens (tertiary/aromatic N) is 2. The molecule has 0 bridgehead atoms. The Kier molecular flexibility index (Phi) is 3.94. The molecular weight excluding hydrogens is 306 g/mol. The number of benzene rings is 1. The molecule has 0 radical (unpaired) electrons. The third-order valence-electron chi connectivity index (χ3n) is 3.14. The van der Waals surface area contributed by atoms with Crippen LogP contribution in [0.3, 0.4) is 0 Å². The Balaban J connectivity index is 1.86. The molecule has 0 fully saturated rings. The lowest BCUT2D eigenvalue weighted by molar-refractivity contribution is 0.506. The second-order valence-electron chi connectivity index (χ2n) is 4.88. The SMILES string of the molecule is Cc1ccc2nc(CSc3ccc(F)c(F)c3)cc(=O)n2c1. The fourth-order valence-corrected chi connectivity index (χ4v) is 2.87. The zero-order valence-electron chi connectivity index (χ0n) is 11.7. The van der Waals surface area contributed by atoms with Crippen LogP contribution in [0.25, 0.3) is 5.65 Å². The van der Waals surface area contributed by atoms with Crippen LogP contribution < -0.4 is 5.56 Å². The Hall–Kier alpha value is -2.21. The molecule has 0 N–H and O–H groups in total. The maximum absolute atomic E-state index is 13.2. The summed E-state index contributed by atoms with van der Waals surface area (Å²) in [7, 11) is 0. The standard InChI is InChI=1S/C16H12F2N2OS/c1-10-2-5-15-19-11(6-16(21)20(15)8-10)9-22-12-3-4-13(17)14(18)7-12/h2-8H,9H2,1H3. The minimum absolute atomic E-state index is 0.158. The smallest absolute Gasteiger partial charge is 0.258 e. The average Bonchev–Trinajstić information content (AvgIpc) is 2.49. The van der Waals surface area contributed by atoms with E-state index in [2.05, 4.69) is 4.98 Å². The first-order valence-corrected chi connectivity index (χ1v) is 7.58. The van der Waals surface area contributed by atoms with Crippen LogP contribution in [0.4, 0.5) is 8.78 Å². The third kappa shape index (κ3) is 3.01. The molecule has 0 atom stereocenters. The highest BCUT2D eigenvalue weighted by atomic mass is 32.2. The number of aromatic nitrogens is 2. The van der Waals surface area contributed by atoms with E-state index in [1.165, 1.54) is 28.3 Å². The second kappa shape index (κ2) is 5.88. The van der Waals surface area contributed by atoms with Crippen LogP contribution >= 0.6 is 11.8 Å². The normalized spacial score (nSPS) is 11.0. The molecular formula is C16H12F2N2OS. The van der Waals surface area contributed by atoms with Crippen LogP contribution in [0.5, 0.6) is 0 Å². The summed E-state index contributed by atoms with van der Waals surface area (Å²) in [5, 5.41) is 0. The molecule has 112 valence electrons. The molecule has 0 spiro atoms. The predicted molar refractivity (Wildman–Crippen MR) is 82.1 cm³/mol. The Morgan fingerprint density at radius 2 is 1.95 bits per heavy atom. The highest BCUT2D eigenvalue weighted by Crippen LogP contribution is 2.23. The Morgan fingerprint density at radius 1 is 1.14 bits per heavy atom. The predicted octanol–water partition coefficient (Wildman–Crippen LogP) is 3.57. The first kappa shape index (κ1) is 14.7. The van der Waals surface area contributed by atoms with Gasteiger partial charge in [-0.15, -0.1) is 11.8 Å². The summed E-state index contributed by atoms with van der Waals surface area (Å²) in [5.41, 5.74) is 1.98. The van der Waals surface area contributed by atoms with Crippen LogP contribution in [-0.2, 0) is 5.75 Å². The Bertz CT molecular complexity index is 908. The molecule has 2 aromatic heterocycles. The van der Waals surface area contributed by atoms with Crippen LogP contribution in [-0.4, -0.2) is 9.38 Å². The summed E-state index contributed by atoms with van der Waals surface area (Å²) in [6, 6.07) is 8.84. The second-order valence-corrected chi connectivity index (χ2v) is 5.93. The third-order valence-corrected chi connectivity index (χ3v) is 4.17. The van der Waals surface area contributed by atoms with Gasteiger partial charge in [-0.2, -0.15) is 0 Å². The molecule has 22 heavy (non-hydrogen) atoms. The van der Waals surface area contributed by atoms with Gasteiger partial charge in [0.1, 0.15) is 5.65 Å². The number of hydrogen-bond donors (Lipinski definition) is 0. The van der Waals surface area contributed by atoms with Gasteiger partial charge in [-0.25, -0.2) is 13.8 Å². The van der Waals surface area contributed by atoms with E-state index < -0.39 is 11.6 Å². The van der Waals surface area contributed by atoms with E-state index >= 15 is 0 Å². The maximum atomic E-state index is 13.2. The molecule has 2 heterocycles. The quantitative estimate of drug-likeness (QED) is 0.692. The van der Waals surface area contributed by atoms with Crippen LogP contribution in [0.15, 0.2) is 52.3 Å². The molecule has 6 heteroatoms. The van der Waals surface area contributed by atoms with E-state index in [4.69, 9.17) is 0 Å². The highest BCUT2D eigenvalue weighted by molar-refractivity contribution is 7.98. The van der Waals surface area contributed by atoms with Crippen molar-refractivity contribution in [3.63, 3.8) is 0 Å². The number of halogens is 2. The number of pyridine rings is 1. The largest absolute Gasteiger partial charge is 0.269 e. The van der Waals surface area contributed by atoms with Crippen molar-refractivity contribution in [1.29, 1.82) is 0 Å². The topological polar surface area (TPSA) is 34.4 Å². The Morgan fingerprint density at radius 3 is 2.73 bits per heavy atom. The molecule has 3 rings (SSSR count). The maximum Gasteiger partial charge on any atom is 0.258 e. The monoisotopic (exact) mass is 318 g/mol. The summed E-state index contributed by atoms with van der Waals surface area (Å²) >= 11 is 1.30. The molecule has 3 aromatic rings. The van der Waals surface area contributed by atoms with Crippen LogP contribution in [0, 0.1) is 18.6 Å². The van der Waals surface area contributed by atoms with Gasteiger partial charge in [0.2, 0.25) is 0 Å². The van der Waals surface area contributed by atoms with Crippen molar-refractivity contribution in [1.82, 2.24) is 9.38 Å². The minimum atomic E-state index is -0.882. The van der Waals surface area contributed by atoms with Gasteiger partial charge in [0, 0.05) is 22.9 Å². The van der Waals surface area contributed by atoms with E-state index in [0.29, 0.717) is 22.0 Å². The molecule has 0 unspecified atom stereocenters. The molecule has 3 nitrogen and oxygen atoms in total. The van der Waals surface area contributed by atoms with E-state index in [0.717, 1.165) is 17.7 Å². The lowest BCUT2D eigenvalue weighted by Gasteiger charge is -2.05. The summed E-state index contributed by atoms with van der Waals surface area (Å²) in [6.45, 7) is 1.90. The molecule has 0 aliphatic carbocycles. The van der Waals surface area contributed by atoms with Crippen molar-refractivity contribution < 1.29 is 8.78 Å². The summed E-state index contributed by atoms with van der Waals surface area (Å²) in [5.74, 6) is -1.35. The molecule has 0 saturated heterocycles. The van der Waals surface area contributed by atoms with Gasteiger partial charge >= 0.3 is 0 Å².